The molecule has 0 N–H and O–H groups in total. The fraction of sp³-hybridized carbons (Fsp3) is 1.00. The van der Waals surface area contributed by atoms with Gasteiger partial charge >= 0.3 is 0 Å². The van der Waals surface area contributed by atoms with Crippen molar-refractivity contribution < 1.29 is 4.74 Å². The summed E-state index contributed by atoms with van der Waals surface area (Å²) < 4.78 is 5.55. The van der Waals surface area contributed by atoms with Crippen molar-refractivity contribution in [1.29, 1.82) is 0 Å². The Morgan fingerprint density at radius 1 is 1.33 bits per heavy atom. The summed E-state index contributed by atoms with van der Waals surface area (Å²) in [6, 6.07) is 0. The molecule has 2 aliphatic rings. The molecule has 0 unspecified atom stereocenters. The Kier molecular flexibility index (Phi) is 1.44. The highest BCUT2D eigenvalue weighted by atomic mass is 79.9. The molecule has 52 valence electrons. The zero-order valence-corrected chi connectivity index (χ0v) is 8.11. The van der Waals surface area contributed by atoms with Gasteiger partial charge in [0.1, 0.15) is 0 Å². The van der Waals surface area contributed by atoms with Gasteiger partial charge in [-0.25, -0.2) is 0 Å². The molecule has 1 aliphatic heterocycles. The lowest BCUT2D eigenvalue weighted by Crippen LogP contribution is -2.07. The molecule has 0 spiro atoms. The molecule has 0 radical (unpaired) electrons. The van der Waals surface area contributed by atoms with E-state index in [0.717, 1.165) is 25.0 Å². The van der Waals surface area contributed by atoms with E-state index in [4.69, 9.17) is 4.74 Å². The van der Waals surface area contributed by atoms with Crippen molar-refractivity contribution in [1.82, 2.24) is 0 Å². The monoisotopic (exact) mass is 254 g/mol. The second-order valence-corrected chi connectivity index (χ2v) is 6.44. The van der Waals surface area contributed by atoms with Crippen LogP contribution in [0.2, 0.25) is 0 Å². The van der Waals surface area contributed by atoms with Crippen LogP contribution in [0.15, 0.2) is 0 Å². The predicted octanol–water partition coefficient (Wildman–Crippen LogP) is 2.14. The van der Waals surface area contributed by atoms with Gasteiger partial charge in [0.15, 0.2) is 0 Å². The van der Waals surface area contributed by atoms with Crippen molar-refractivity contribution in [2.24, 2.45) is 11.8 Å². The second kappa shape index (κ2) is 1.95. The van der Waals surface area contributed by atoms with Crippen LogP contribution in [0.1, 0.15) is 6.42 Å². The van der Waals surface area contributed by atoms with Gasteiger partial charge in [-0.15, -0.1) is 0 Å². The van der Waals surface area contributed by atoms with Crippen molar-refractivity contribution in [3.8, 4) is 0 Å². The highest BCUT2D eigenvalue weighted by Gasteiger charge is 2.62. The maximum Gasteiger partial charge on any atom is 0.0892 e. The van der Waals surface area contributed by atoms with Crippen LogP contribution in [0.4, 0.5) is 0 Å². The molecule has 0 aromatic rings. The zero-order chi connectivity index (χ0) is 6.48. The summed E-state index contributed by atoms with van der Waals surface area (Å²) in [5.74, 6) is 1.55. The molecule has 2 fully saturated rings. The van der Waals surface area contributed by atoms with Gasteiger partial charge in [0.2, 0.25) is 0 Å². The Balaban J connectivity index is 2.06. The minimum absolute atomic E-state index is 0.247. The molecule has 0 aromatic carbocycles. The van der Waals surface area contributed by atoms with E-state index in [2.05, 4.69) is 31.9 Å². The standard InChI is InChI=1S/C6H8Br2O/c7-6(8)4-1-2-9-3-5(4)6/h4-5H,1-3H2/t4-,5+/m0/s1. The van der Waals surface area contributed by atoms with Crippen LogP contribution in [0.25, 0.3) is 0 Å². The molecule has 0 amide bonds. The van der Waals surface area contributed by atoms with Gasteiger partial charge in [0.25, 0.3) is 0 Å². The molecule has 2 atom stereocenters. The SMILES string of the molecule is BrC1(Br)[C@@H]2COCC[C@@H]21. The first kappa shape index (κ1) is 6.62. The molecule has 0 bridgehead atoms. The summed E-state index contributed by atoms with van der Waals surface area (Å²) in [4.78, 5) is 0. The summed E-state index contributed by atoms with van der Waals surface area (Å²) in [6.07, 6.45) is 1.21. The van der Waals surface area contributed by atoms with Crippen LogP contribution in [0.5, 0.6) is 0 Å². The minimum Gasteiger partial charge on any atom is -0.381 e. The number of alkyl halides is 2. The Bertz CT molecular complexity index is 121. The highest BCUT2D eigenvalue weighted by molar-refractivity contribution is 9.25. The van der Waals surface area contributed by atoms with Crippen molar-refractivity contribution in [3.63, 3.8) is 0 Å². The summed E-state index contributed by atoms with van der Waals surface area (Å²) in [5.41, 5.74) is 0. The maximum absolute atomic E-state index is 5.30. The first-order valence-electron chi connectivity index (χ1n) is 3.18. The molecule has 1 saturated carbocycles. The number of halogens is 2. The highest BCUT2D eigenvalue weighted by Crippen LogP contribution is 2.64. The number of hydrogen-bond donors (Lipinski definition) is 0. The quantitative estimate of drug-likeness (QED) is 0.603. The van der Waals surface area contributed by atoms with Crippen LogP contribution in [0.3, 0.4) is 0 Å². The van der Waals surface area contributed by atoms with Gasteiger partial charge < -0.3 is 4.74 Å². The zero-order valence-electron chi connectivity index (χ0n) is 4.94. The lowest BCUT2D eigenvalue weighted by atomic mass is 10.2. The van der Waals surface area contributed by atoms with E-state index >= 15 is 0 Å². The number of rotatable bonds is 0. The molecule has 2 rings (SSSR count). The van der Waals surface area contributed by atoms with Gasteiger partial charge in [0.05, 0.1) is 9.84 Å². The van der Waals surface area contributed by atoms with Crippen molar-refractivity contribution in [2.45, 2.75) is 9.65 Å². The Hall–Kier alpha value is 0.920. The number of fused-ring (bicyclic) bond motifs is 1. The summed E-state index contributed by atoms with van der Waals surface area (Å²) in [5, 5.41) is 0. The van der Waals surface area contributed by atoms with E-state index in [9.17, 15) is 0 Å². The van der Waals surface area contributed by atoms with Crippen LogP contribution in [-0.4, -0.2) is 16.4 Å². The average molecular weight is 256 g/mol. The van der Waals surface area contributed by atoms with Crippen molar-refractivity contribution in [2.75, 3.05) is 13.2 Å². The van der Waals surface area contributed by atoms with Gasteiger partial charge in [-0.05, 0) is 12.3 Å². The Morgan fingerprint density at radius 3 is 2.56 bits per heavy atom. The molecular formula is C6H8Br2O. The normalized spacial score (nSPS) is 46.0. The van der Waals surface area contributed by atoms with E-state index in [1.165, 1.54) is 6.42 Å². The molecule has 1 nitrogen and oxygen atoms in total. The Morgan fingerprint density at radius 2 is 2.11 bits per heavy atom. The molecule has 1 aliphatic carbocycles. The summed E-state index contributed by atoms with van der Waals surface area (Å²) in [7, 11) is 0. The van der Waals surface area contributed by atoms with Crippen LogP contribution < -0.4 is 0 Å². The third-order valence-corrected chi connectivity index (χ3v) is 4.59. The first-order chi connectivity index (χ1) is 4.23. The third kappa shape index (κ3) is 0.889. The summed E-state index contributed by atoms with van der Waals surface area (Å²) >= 11 is 7.23. The van der Waals surface area contributed by atoms with E-state index in [1.54, 1.807) is 0 Å². The predicted molar refractivity (Wildman–Crippen MR) is 43.0 cm³/mol. The summed E-state index contributed by atoms with van der Waals surface area (Å²) in [6.45, 7) is 1.88. The van der Waals surface area contributed by atoms with Crippen molar-refractivity contribution in [3.05, 3.63) is 0 Å². The third-order valence-electron chi connectivity index (χ3n) is 2.24. The van der Waals surface area contributed by atoms with Gasteiger partial charge in [-0.3, -0.25) is 0 Å². The fourth-order valence-electron chi connectivity index (χ4n) is 1.50. The average Bonchev–Trinajstić information content (AvgIpc) is 2.39. The fourth-order valence-corrected chi connectivity index (χ4v) is 3.24. The van der Waals surface area contributed by atoms with E-state index in [-0.39, 0.29) is 3.23 Å². The lowest BCUT2D eigenvalue weighted by Gasteiger charge is -2.06. The van der Waals surface area contributed by atoms with Crippen LogP contribution in [-0.2, 0) is 4.74 Å². The van der Waals surface area contributed by atoms with Gasteiger partial charge in [-0.2, -0.15) is 0 Å². The smallest absolute Gasteiger partial charge is 0.0892 e. The number of ether oxygens (including phenoxy) is 1. The largest absolute Gasteiger partial charge is 0.381 e. The van der Waals surface area contributed by atoms with E-state index < -0.39 is 0 Å². The minimum atomic E-state index is 0.247. The molecule has 3 heteroatoms. The molecule has 0 aromatic heterocycles. The maximum atomic E-state index is 5.30. The van der Waals surface area contributed by atoms with Crippen LogP contribution in [0, 0.1) is 11.8 Å². The topological polar surface area (TPSA) is 9.23 Å². The lowest BCUT2D eigenvalue weighted by molar-refractivity contribution is 0.0889. The van der Waals surface area contributed by atoms with Crippen LogP contribution >= 0.6 is 31.9 Å². The van der Waals surface area contributed by atoms with E-state index in [0.29, 0.717) is 0 Å². The molecule has 9 heavy (non-hydrogen) atoms. The first-order valence-corrected chi connectivity index (χ1v) is 4.77. The Labute approximate surface area is 71.4 Å². The van der Waals surface area contributed by atoms with Crippen molar-refractivity contribution >= 4 is 31.9 Å². The molecule has 1 saturated heterocycles. The van der Waals surface area contributed by atoms with E-state index in [1.807, 2.05) is 0 Å². The van der Waals surface area contributed by atoms with Gasteiger partial charge in [-0.1, -0.05) is 31.9 Å². The molecular weight excluding hydrogens is 248 g/mol. The molecule has 1 heterocycles. The second-order valence-electron chi connectivity index (χ2n) is 2.75. The number of hydrogen-bond acceptors (Lipinski definition) is 1. The van der Waals surface area contributed by atoms with Gasteiger partial charge in [0, 0.05) is 12.5 Å².